The second-order valence-corrected chi connectivity index (χ2v) is 9.85. The van der Waals surface area contributed by atoms with Crippen molar-refractivity contribution in [2.75, 3.05) is 26.2 Å². The largest absolute Gasteiger partial charge is 0.298 e. The molecule has 156 valence electrons. The van der Waals surface area contributed by atoms with Gasteiger partial charge in [0, 0.05) is 43.6 Å². The average Bonchev–Trinajstić information content (AvgIpc) is 3.64. The van der Waals surface area contributed by atoms with Crippen LogP contribution in [0.15, 0.2) is 72.8 Å². The molecule has 3 nitrogen and oxygen atoms in total. The average molecular weight is 401 g/mol. The molecule has 0 bridgehead atoms. The molecule has 4 fully saturated rings. The van der Waals surface area contributed by atoms with Gasteiger partial charge in [0.25, 0.3) is 0 Å². The molecule has 2 aliphatic carbocycles. The third-order valence-electron chi connectivity index (χ3n) is 7.38. The quantitative estimate of drug-likeness (QED) is 0.696. The summed E-state index contributed by atoms with van der Waals surface area (Å²) in [7, 11) is 0. The molecular formula is C27H32N2O. The van der Waals surface area contributed by atoms with Crippen molar-refractivity contribution in [3.8, 4) is 0 Å². The number of hydrogen-bond acceptors (Lipinski definition) is 3. The fraction of sp³-hybridized carbons (Fsp3) is 0.444. The standard InChI is InChI=1S/C14H17N.C13H15NO/c1-12-9-15(11-14(12)7-8-14)10-13-5-3-2-4-6-13;15-12-9-14(10-13(12)6-7-13)8-11-4-2-1-3-5-11/h2-6H,1,7-11H2;1-5H,6-10H2. The minimum absolute atomic E-state index is 0.0920. The van der Waals surface area contributed by atoms with Crippen LogP contribution in [0.3, 0.4) is 0 Å². The van der Waals surface area contributed by atoms with Gasteiger partial charge in [0.1, 0.15) is 0 Å². The van der Waals surface area contributed by atoms with E-state index in [9.17, 15) is 4.79 Å². The maximum absolute atomic E-state index is 11.7. The summed E-state index contributed by atoms with van der Waals surface area (Å²) in [6.07, 6.45) is 4.99. The monoisotopic (exact) mass is 400 g/mol. The number of rotatable bonds is 4. The van der Waals surface area contributed by atoms with Gasteiger partial charge in [-0.2, -0.15) is 0 Å². The summed E-state index contributed by atoms with van der Waals surface area (Å²) in [6.45, 7) is 10.2. The first-order valence-corrected chi connectivity index (χ1v) is 11.3. The van der Waals surface area contributed by atoms with Gasteiger partial charge in [-0.25, -0.2) is 0 Å². The van der Waals surface area contributed by atoms with E-state index in [1.165, 1.54) is 36.1 Å². The van der Waals surface area contributed by atoms with Crippen LogP contribution in [0.1, 0.15) is 36.8 Å². The van der Waals surface area contributed by atoms with Crippen molar-refractivity contribution in [2.24, 2.45) is 10.8 Å². The Morgan fingerprint density at radius 1 is 0.700 bits per heavy atom. The second-order valence-electron chi connectivity index (χ2n) is 9.85. The summed E-state index contributed by atoms with van der Waals surface area (Å²) in [5, 5.41) is 0. The number of carbonyl (C=O) groups is 1. The van der Waals surface area contributed by atoms with Crippen LogP contribution < -0.4 is 0 Å². The number of likely N-dealkylation sites (tertiary alicyclic amines) is 2. The molecule has 2 spiro atoms. The lowest BCUT2D eigenvalue weighted by molar-refractivity contribution is -0.120. The van der Waals surface area contributed by atoms with Gasteiger partial charge in [-0.3, -0.25) is 14.6 Å². The van der Waals surface area contributed by atoms with Crippen molar-refractivity contribution in [1.82, 2.24) is 9.80 Å². The molecule has 30 heavy (non-hydrogen) atoms. The predicted octanol–water partition coefficient (Wildman–Crippen LogP) is 4.69. The Morgan fingerprint density at radius 3 is 1.60 bits per heavy atom. The van der Waals surface area contributed by atoms with Crippen molar-refractivity contribution in [3.05, 3.63) is 83.9 Å². The summed E-state index contributed by atoms with van der Waals surface area (Å²) in [5.41, 5.74) is 4.83. The minimum Gasteiger partial charge on any atom is -0.298 e. The first-order valence-electron chi connectivity index (χ1n) is 11.3. The molecule has 0 amide bonds. The molecule has 6 rings (SSSR count). The van der Waals surface area contributed by atoms with E-state index in [0.29, 0.717) is 17.7 Å². The van der Waals surface area contributed by atoms with E-state index in [2.05, 4.69) is 71.0 Å². The van der Waals surface area contributed by atoms with Crippen molar-refractivity contribution < 1.29 is 4.79 Å². The third-order valence-corrected chi connectivity index (χ3v) is 7.38. The highest BCUT2D eigenvalue weighted by Gasteiger charge is 2.54. The van der Waals surface area contributed by atoms with Gasteiger partial charge in [0.05, 0.1) is 6.54 Å². The molecule has 0 unspecified atom stereocenters. The summed E-state index contributed by atoms with van der Waals surface area (Å²) in [5.74, 6) is 0.471. The normalized spacial score (nSPS) is 23.6. The van der Waals surface area contributed by atoms with Crippen molar-refractivity contribution in [3.63, 3.8) is 0 Å². The van der Waals surface area contributed by atoms with Gasteiger partial charge < -0.3 is 0 Å². The SMILES string of the molecule is C=C1CN(Cc2ccccc2)CC12CC2.O=C1CN(Cc2ccccc2)CC12CC2. The molecule has 2 aromatic carbocycles. The highest BCUT2D eigenvalue weighted by Crippen LogP contribution is 2.55. The topological polar surface area (TPSA) is 23.6 Å². The van der Waals surface area contributed by atoms with Crippen LogP contribution in [0.4, 0.5) is 0 Å². The van der Waals surface area contributed by atoms with Crippen LogP contribution in [0, 0.1) is 10.8 Å². The van der Waals surface area contributed by atoms with Crippen LogP contribution in [0.2, 0.25) is 0 Å². The number of hydrogen-bond donors (Lipinski definition) is 0. The van der Waals surface area contributed by atoms with E-state index in [1.54, 1.807) is 0 Å². The van der Waals surface area contributed by atoms with Gasteiger partial charge in [-0.15, -0.1) is 0 Å². The number of nitrogens with zero attached hydrogens (tertiary/aromatic N) is 2. The Hall–Kier alpha value is -2.23. The fourth-order valence-corrected chi connectivity index (χ4v) is 5.13. The Kier molecular flexibility index (Phi) is 5.12. The number of carbonyl (C=O) groups excluding carboxylic acids is 1. The van der Waals surface area contributed by atoms with E-state index >= 15 is 0 Å². The van der Waals surface area contributed by atoms with Gasteiger partial charge in [0.2, 0.25) is 0 Å². The third kappa shape index (κ3) is 4.14. The Balaban J connectivity index is 0.000000128. The molecule has 0 radical (unpaired) electrons. The summed E-state index contributed by atoms with van der Waals surface area (Å²) in [4.78, 5) is 16.5. The smallest absolute Gasteiger partial charge is 0.154 e. The van der Waals surface area contributed by atoms with Crippen LogP contribution in [0.25, 0.3) is 0 Å². The summed E-state index contributed by atoms with van der Waals surface area (Å²) in [6, 6.07) is 21.1. The molecule has 3 heteroatoms. The zero-order valence-corrected chi connectivity index (χ0v) is 17.9. The first kappa shape index (κ1) is 19.7. The molecule has 2 saturated carbocycles. The number of ketones is 1. The molecule has 0 N–H and O–H groups in total. The highest BCUT2D eigenvalue weighted by molar-refractivity contribution is 5.91. The summed E-state index contributed by atoms with van der Waals surface area (Å²) < 4.78 is 0. The van der Waals surface area contributed by atoms with Gasteiger partial charge >= 0.3 is 0 Å². The molecule has 0 aromatic heterocycles. The van der Waals surface area contributed by atoms with Crippen molar-refractivity contribution in [2.45, 2.75) is 38.8 Å². The van der Waals surface area contributed by atoms with Gasteiger partial charge in [-0.05, 0) is 36.8 Å². The maximum Gasteiger partial charge on any atom is 0.154 e. The zero-order valence-electron chi connectivity index (χ0n) is 17.9. The Bertz CT molecular complexity index is 835. The zero-order chi connectivity index (χ0) is 20.6. The Labute approximate surface area is 180 Å². The molecule has 2 heterocycles. The highest BCUT2D eigenvalue weighted by atomic mass is 16.1. The first-order chi connectivity index (χ1) is 14.6. The molecule has 2 saturated heterocycles. The predicted molar refractivity (Wildman–Crippen MR) is 121 cm³/mol. The second kappa shape index (κ2) is 7.79. The van der Waals surface area contributed by atoms with E-state index < -0.39 is 0 Å². The van der Waals surface area contributed by atoms with E-state index in [4.69, 9.17) is 0 Å². The maximum atomic E-state index is 11.7. The lowest BCUT2D eigenvalue weighted by Crippen LogP contribution is -2.20. The lowest BCUT2D eigenvalue weighted by Gasteiger charge is -2.14. The Morgan fingerprint density at radius 2 is 1.17 bits per heavy atom. The summed E-state index contributed by atoms with van der Waals surface area (Å²) >= 11 is 0. The molecule has 2 aliphatic heterocycles. The molecule has 2 aromatic rings. The van der Waals surface area contributed by atoms with Crippen LogP contribution in [0.5, 0.6) is 0 Å². The number of Topliss-reactive ketones (excluding diaryl/α,β-unsaturated/α-hetero) is 1. The molecular weight excluding hydrogens is 368 g/mol. The van der Waals surface area contributed by atoms with Crippen molar-refractivity contribution >= 4 is 5.78 Å². The van der Waals surface area contributed by atoms with Gasteiger partial charge in [-0.1, -0.05) is 72.8 Å². The minimum atomic E-state index is 0.0920. The van der Waals surface area contributed by atoms with E-state index in [1.807, 2.05) is 6.07 Å². The fourth-order valence-electron chi connectivity index (χ4n) is 5.13. The van der Waals surface area contributed by atoms with E-state index in [-0.39, 0.29) is 5.41 Å². The molecule has 4 aliphatic rings. The van der Waals surface area contributed by atoms with Crippen LogP contribution >= 0.6 is 0 Å². The van der Waals surface area contributed by atoms with Crippen molar-refractivity contribution in [1.29, 1.82) is 0 Å². The lowest BCUT2D eigenvalue weighted by atomic mass is 10.0. The van der Waals surface area contributed by atoms with Crippen LogP contribution in [-0.2, 0) is 17.9 Å². The van der Waals surface area contributed by atoms with Gasteiger partial charge in [0.15, 0.2) is 5.78 Å². The molecule has 0 atom stereocenters. The van der Waals surface area contributed by atoms with Crippen LogP contribution in [-0.4, -0.2) is 41.8 Å². The number of benzene rings is 2. The van der Waals surface area contributed by atoms with E-state index in [0.717, 1.165) is 39.0 Å².